The number of anilines is 1. The van der Waals surface area contributed by atoms with Gasteiger partial charge in [0.2, 0.25) is 0 Å². The Morgan fingerprint density at radius 1 is 1.86 bits per heavy atom. The molecule has 0 atom stereocenters. The van der Waals surface area contributed by atoms with E-state index in [4.69, 9.17) is 12.2 Å². The largest absolute Gasteiger partial charge is 0.383 e. The minimum Gasteiger partial charge on any atom is -0.383 e. The zero-order valence-corrected chi connectivity index (χ0v) is 7.95. The number of nitrogens with zero attached hydrogens (tertiary/aromatic N) is 2. The molecule has 3 N–H and O–H groups in total. The van der Waals surface area contributed by atoms with Crippen LogP contribution in [0.1, 0.15) is 16.8 Å². The molecule has 1 heterocycles. The van der Waals surface area contributed by atoms with Gasteiger partial charge in [0.25, 0.3) is 5.91 Å². The van der Waals surface area contributed by atoms with Gasteiger partial charge in [-0.3, -0.25) is 9.48 Å². The van der Waals surface area contributed by atoms with Gasteiger partial charge in [0.1, 0.15) is 11.4 Å². The van der Waals surface area contributed by atoms with Crippen molar-refractivity contribution in [2.24, 2.45) is 7.05 Å². The number of amides is 1. The molecule has 0 saturated heterocycles. The summed E-state index contributed by atoms with van der Waals surface area (Å²) in [7, 11) is 1.67. The van der Waals surface area contributed by atoms with Gasteiger partial charge in [-0.15, -0.1) is 12.3 Å². The fraction of sp³-hybridized carbons (Fsp3) is 0.333. The highest BCUT2D eigenvalue weighted by Crippen LogP contribution is 2.08. The van der Waals surface area contributed by atoms with E-state index in [2.05, 4.69) is 16.3 Å². The second kappa shape index (κ2) is 4.33. The monoisotopic (exact) mass is 192 g/mol. The van der Waals surface area contributed by atoms with Gasteiger partial charge >= 0.3 is 0 Å². The average Bonchev–Trinajstić information content (AvgIpc) is 2.48. The highest BCUT2D eigenvalue weighted by Gasteiger charge is 2.12. The van der Waals surface area contributed by atoms with E-state index in [9.17, 15) is 4.79 Å². The summed E-state index contributed by atoms with van der Waals surface area (Å²) < 4.78 is 1.44. The normalized spacial score (nSPS) is 9.43. The molecule has 1 aromatic heterocycles. The molecule has 0 saturated carbocycles. The second-order valence-electron chi connectivity index (χ2n) is 2.78. The van der Waals surface area contributed by atoms with E-state index in [-0.39, 0.29) is 5.91 Å². The lowest BCUT2D eigenvalue weighted by molar-refractivity contribution is 0.0955. The van der Waals surface area contributed by atoms with Crippen molar-refractivity contribution >= 4 is 11.7 Å². The van der Waals surface area contributed by atoms with Crippen LogP contribution in [0.4, 0.5) is 5.82 Å². The minimum absolute atomic E-state index is 0.245. The Morgan fingerprint density at radius 3 is 3.07 bits per heavy atom. The molecule has 14 heavy (non-hydrogen) atoms. The molecule has 0 aliphatic heterocycles. The van der Waals surface area contributed by atoms with Crippen LogP contribution in [0.3, 0.4) is 0 Å². The number of carbonyl (C=O) groups is 1. The van der Waals surface area contributed by atoms with Gasteiger partial charge in [-0.05, 0) is 0 Å². The highest BCUT2D eigenvalue weighted by atomic mass is 16.1. The molecule has 0 radical (unpaired) electrons. The Labute approximate surface area is 82.3 Å². The summed E-state index contributed by atoms with van der Waals surface area (Å²) in [5, 5.41) is 6.50. The van der Waals surface area contributed by atoms with Crippen LogP contribution in [-0.2, 0) is 7.05 Å². The summed E-state index contributed by atoms with van der Waals surface area (Å²) in [4.78, 5) is 11.4. The number of nitrogen functional groups attached to an aromatic ring is 1. The van der Waals surface area contributed by atoms with E-state index in [0.29, 0.717) is 24.3 Å². The lowest BCUT2D eigenvalue weighted by Gasteiger charge is -2.01. The Morgan fingerprint density at radius 2 is 2.57 bits per heavy atom. The lowest BCUT2D eigenvalue weighted by Crippen LogP contribution is -2.24. The summed E-state index contributed by atoms with van der Waals surface area (Å²) in [6, 6.07) is 0. The first kappa shape index (κ1) is 10.1. The third-order valence-electron chi connectivity index (χ3n) is 1.78. The molecule has 1 amide bonds. The molecular weight excluding hydrogens is 180 g/mol. The maximum Gasteiger partial charge on any atom is 0.256 e. The van der Waals surface area contributed by atoms with Crippen LogP contribution >= 0.6 is 0 Å². The van der Waals surface area contributed by atoms with Crippen molar-refractivity contribution in [3.05, 3.63) is 11.8 Å². The predicted octanol–water partition coefficient (Wildman–Crippen LogP) is -0.245. The fourth-order valence-electron chi connectivity index (χ4n) is 0.965. The Kier molecular flexibility index (Phi) is 3.13. The number of carbonyl (C=O) groups excluding carboxylic acids is 1. The van der Waals surface area contributed by atoms with Gasteiger partial charge in [-0.2, -0.15) is 5.10 Å². The van der Waals surface area contributed by atoms with Crippen LogP contribution < -0.4 is 11.1 Å². The van der Waals surface area contributed by atoms with Gasteiger partial charge in [0, 0.05) is 20.0 Å². The smallest absolute Gasteiger partial charge is 0.256 e. The topological polar surface area (TPSA) is 72.9 Å². The third-order valence-corrected chi connectivity index (χ3v) is 1.78. The van der Waals surface area contributed by atoms with Gasteiger partial charge < -0.3 is 11.1 Å². The van der Waals surface area contributed by atoms with Crippen LogP contribution in [0, 0.1) is 12.3 Å². The molecule has 0 aliphatic carbocycles. The number of nitrogens with two attached hydrogens (primary N) is 1. The molecule has 0 bridgehead atoms. The first-order valence-corrected chi connectivity index (χ1v) is 4.16. The summed E-state index contributed by atoms with van der Waals surface area (Å²) in [6.07, 6.45) is 6.98. The molecular formula is C9H12N4O. The summed E-state index contributed by atoms with van der Waals surface area (Å²) in [5.41, 5.74) is 5.99. The van der Waals surface area contributed by atoms with Crippen molar-refractivity contribution in [3.63, 3.8) is 0 Å². The number of nitrogens with one attached hydrogen (secondary N) is 1. The van der Waals surface area contributed by atoms with Gasteiger partial charge in [-0.25, -0.2) is 0 Å². The Balaban J connectivity index is 2.62. The van der Waals surface area contributed by atoms with E-state index < -0.39 is 0 Å². The first-order valence-electron chi connectivity index (χ1n) is 4.16. The van der Waals surface area contributed by atoms with E-state index in [1.165, 1.54) is 10.9 Å². The van der Waals surface area contributed by atoms with Crippen LogP contribution in [-0.4, -0.2) is 22.2 Å². The Hall–Kier alpha value is -1.96. The molecule has 5 nitrogen and oxygen atoms in total. The van der Waals surface area contributed by atoms with Crippen molar-refractivity contribution in [3.8, 4) is 12.3 Å². The summed E-state index contributed by atoms with van der Waals surface area (Å²) in [5.74, 6) is 2.53. The van der Waals surface area contributed by atoms with E-state index in [1.807, 2.05) is 0 Å². The van der Waals surface area contributed by atoms with E-state index in [1.54, 1.807) is 7.05 Å². The van der Waals surface area contributed by atoms with Gasteiger partial charge in [0.05, 0.1) is 6.20 Å². The van der Waals surface area contributed by atoms with Crippen molar-refractivity contribution in [2.45, 2.75) is 6.42 Å². The van der Waals surface area contributed by atoms with Crippen molar-refractivity contribution < 1.29 is 4.79 Å². The second-order valence-corrected chi connectivity index (χ2v) is 2.78. The molecule has 0 spiro atoms. The van der Waals surface area contributed by atoms with Crippen LogP contribution in [0.15, 0.2) is 6.20 Å². The summed E-state index contributed by atoms with van der Waals surface area (Å²) >= 11 is 0. The standard InChI is InChI=1S/C9H12N4O/c1-3-4-5-11-9(14)7-6-12-13(2)8(7)10/h1,6H,4-5,10H2,2H3,(H,11,14). The molecule has 0 fully saturated rings. The lowest BCUT2D eigenvalue weighted by atomic mass is 10.3. The van der Waals surface area contributed by atoms with Crippen molar-refractivity contribution in [2.75, 3.05) is 12.3 Å². The molecule has 1 aromatic rings. The SMILES string of the molecule is C#CCCNC(=O)c1cnn(C)c1N. The number of hydrogen-bond donors (Lipinski definition) is 2. The zero-order valence-electron chi connectivity index (χ0n) is 7.95. The first-order chi connectivity index (χ1) is 6.66. The number of rotatable bonds is 3. The highest BCUT2D eigenvalue weighted by molar-refractivity contribution is 5.98. The van der Waals surface area contributed by atoms with Crippen molar-refractivity contribution in [1.82, 2.24) is 15.1 Å². The van der Waals surface area contributed by atoms with E-state index >= 15 is 0 Å². The quantitative estimate of drug-likeness (QED) is 0.512. The van der Waals surface area contributed by atoms with Crippen LogP contribution in [0.25, 0.3) is 0 Å². The zero-order chi connectivity index (χ0) is 10.6. The Bertz CT molecular complexity index is 375. The molecule has 1 rings (SSSR count). The predicted molar refractivity (Wildman–Crippen MR) is 53.4 cm³/mol. The minimum atomic E-state index is -0.245. The molecule has 5 heteroatoms. The fourth-order valence-corrected chi connectivity index (χ4v) is 0.965. The number of hydrogen-bond acceptors (Lipinski definition) is 3. The number of aromatic nitrogens is 2. The van der Waals surface area contributed by atoms with Crippen LogP contribution in [0.2, 0.25) is 0 Å². The molecule has 74 valence electrons. The van der Waals surface area contributed by atoms with Crippen molar-refractivity contribution in [1.29, 1.82) is 0 Å². The number of terminal acetylenes is 1. The maximum atomic E-state index is 11.4. The number of aryl methyl sites for hydroxylation is 1. The van der Waals surface area contributed by atoms with E-state index in [0.717, 1.165) is 0 Å². The third kappa shape index (κ3) is 2.04. The molecule has 0 unspecified atom stereocenters. The molecule has 0 aromatic carbocycles. The van der Waals surface area contributed by atoms with Gasteiger partial charge in [0.15, 0.2) is 0 Å². The van der Waals surface area contributed by atoms with Crippen LogP contribution in [0.5, 0.6) is 0 Å². The molecule has 0 aliphatic rings. The summed E-state index contributed by atoms with van der Waals surface area (Å²) in [6.45, 7) is 0.448. The van der Waals surface area contributed by atoms with Gasteiger partial charge in [-0.1, -0.05) is 0 Å². The average molecular weight is 192 g/mol. The maximum absolute atomic E-state index is 11.4.